The van der Waals surface area contributed by atoms with Crippen LogP contribution in [0.3, 0.4) is 0 Å². The molecule has 1 atom stereocenters. The molecule has 1 unspecified atom stereocenters. The van der Waals surface area contributed by atoms with Crippen molar-refractivity contribution in [2.24, 2.45) is 5.92 Å². The fraction of sp³-hybridized carbons (Fsp3) is 0.900. The summed E-state index contributed by atoms with van der Waals surface area (Å²) in [4.78, 5) is 10.5. The summed E-state index contributed by atoms with van der Waals surface area (Å²) in [6.45, 7) is 3.24. The zero-order valence-electron chi connectivity index (χ0n) is 9.96. The largest absolute Gasteiger partial charge is 0.481 e. The summed E-state index contributed by atoms with van der Waals surface area (Å²) in [5.74, 6) is -0.960. The Kier molecular flexibility index (Phi) is 5.35. The monoisotopic (exact) mass is 265 g/mol. The number of hydrogen-bond acceptors (Lipinski definition) is 4. The van der Waals surface area contributed by atoms with E-state index in [1.165, 1.54) is 4.31 Å². The number of ether oxygens (including phenoxy) is 1. The summed E-state index contributed by atoms with van der Waals surface area (Å²) < 4.78 is 30.1. The molecule has 0 aromatic rings. The first-order chi connectivity index (χ1) is 7.95. The molecule has 100 valence electrons. The molecule has 0 saturated carbocycles. The molecule has 1 heterocycles. The van der Waals surface area contributed by atoms with Crippen LogP contribution in [-0.4, -0.2) is 55.9 Å². The van der Waals surface area contributed by atoms with Crippen molar-refractivity contribution < 1.29 is 23.1 Å². The highest BCUT2D eigenvalue weighted by atomic mass is 32.2. The van der Waals surface area contributed by atoms with Crippen molar-refractivity contribution in [2.75, 3.05) is 32.1 Å². The Hall–Kier alpha value is -0.660. The van der Waals surface area contributed by atoms with Crippen LogP contribution in [0.5, 0.6) is 0 Å². The molecule has 0 radical (unpaired) electrons. The van der Waals surface area contributed by atoms with E-state index in [9.17, 15) is 13.2 Å². The summed E-state index contributed by atoms with van der Waals surface area (Å²) in [5.41, 5.74) is 0. The van der Waals surface area contributed by atoms with Crippen molar-refractivity contribution in [2.45, 2.75) is 19.8 Å². The normalized spacial score (nSPS) is 21.8. The van der Waals surface area contributed by atoms with Gasteiger partial charge in [-0.15, -0.1) is 0 Å². The van der Waals surface area contributed by atoms with E-state index >= 15 is 0 Å². The van der Waals surface area contributed by atoms with Crippen molar-refractivity contribution in [1.29, 1.82) is 0 Å². The van der Waals surface area contributed by atoms with E-state index in [0.717, 1.165) is 0 Å². The molecule has 1 rings (SSSR count). The molecule has 0 aromatic carbocycles. The van der Waals surface area contributed by atoms with Gasteiger partial charge >= 0.3 is 5.97 Å². The van der Waals surface area contributed by atoms with Gasteiger partial charge < -0.3 is 9.84 Å². The van der Waals surface area contributed by atoms with Gasteiger partial charge in [0.25, 0.3) is 0 Å². The van der Waals surface area contributed by atoms with E-state index in [2.05, 4.69) is 0 Å². The van der Waals surface area contributed by atoms with E-state index in [1.54, 1.807) is 0 Å². The maximum absolute atomic E-state index is 11.8. The molecular formula is C10H19NO5S. The summed E-state index contributed by atoms with van der Waals surface area (Å²) in [5, 5.41) is 8.65. The van der Waals surface area contributed by atoms with Gasteiger partial charge in [0.2, 0.25) is 10.0 Å². The molecule has 0 spiro atoms. The average molecular weight is 265 g/mol. The van der Waals surface area contributed by atoms with Gasteiger partial charge in [0.1, 0.15) is 0 Å². The number of carboxylic acids is 1. The molecule has 6 nitrogen and oxygen atoms in total. The van der Waals surface area contributed by atoms with Crippen LogP contribution >= 0.6 is 0 Å². The van der Waals surface area contributed by atoms with Gasteiger partial charge in [-0.05, 0) is 19.3 Å². The Labute approximate surface area is 102 Å². The third-order valence-electron chi connectivity index (χ3n) is 2.80. The standard InChI is InChI=1S/C10H19NO5S/c1-2-16-5-6-17(14,15)11-4-3-9(8-11)7-10(12)13/h9H,2-8H2,1H3,(H,12,13). The lowest BCUT2D eigenvalue weighted by atomic mass is 10.1. The molecule has 0 amide bonds. The number of sulfonamides is 1. The molecule has 0 aromatic heterocycles. The second-order valence-corrected chi connectivity index (χ2v) is 6.21. The highest BCUT2D eigenvalue weighted by molar-refractivity contribution is 7.89. The molecule has 1 saturated heterocycles. The van der Waals surface area contributed by atoms with Gasteiger partial charge in [0.15, 0.2) is 0 Å². The maximum Gasteiger partial charge on any atom is 0.303 e. The van der Waals surface area contributed by atoms with Crippen molar-refractivity contribution >= 4 is 16.0 Å². The van der Waals surface area contributed by atoms with Crippen molar-refractivity contribution in [3.05, 3.63) is 0 Å². The Morgan fingerprint density at radius 2 is 2.24 bits per heavy atom. The van der Waals surface area contributed by atoms with Crippen molar-refractivity contribution in [3.8, 4) is 0 Å². The maximum atomic E-state index is 11.8. The fourth-order valence-corrected chi connectivity index (χ4v) is 3.31. The Balaban J connectivity index is 2.43. The van der Waals surface area contributed by atoms with E-state index in [1.807, 2.05) is 6.92 Å². The van der Waals surface area contributed by atoms with Crippen LogP contribution in [0.1, 0.15) is 19.8 Å². The Morgan fingerprint density at radius 3 is 2.82 bits per heavy atom. The minimum atomic E-state index is -3.29. The predicted octanol–water partition coefficient (Wildman–Crippen LogP) is 0.149. The van der Waals surface area contributed by atoms with Crippen LogP contribution < -0.4 is 0 Å². The minimum Gasteiger partial charge on any atom is -0.481 e. The lowest BCUT2D eigenvalue weighted by Crippen LogP contribution is -2.32. The Morgan fingerprint density at radius 1 is 1.53 bits per heavy atom. The molecule has 1 aliphatic heterocycles. The van der Waals surface area contributed by atoms with E-state index in [0.29, 0.717) is 26.1 Å². The second kappa shape index (κ2) is 6.32. The van der Waals surface area contributed by atoms with Crippen LogP contribution in [-0.2, 0) is 19.6 Å². The van der Waals surface area contributed by atoms with Crippen LogP contribution in [0.15, 0.2) is 0 Å². The smallest absolute Gasteiger partial charge is 0.303 e. The summed E-state index contributed by atoms with van der Waals surface area (Å²) in [7, 11) is -3.29. The fourth-order valence-electron chi connectivity index (χ4n) is 1.90. The molecular weight excluding hydrogens is 246 g/mol. The topological polar surface area (TPSA) is 83.9 Å². The van der Waals surface area contributed by atoms with E-state index in [4.69, 9.17) is 9.84 Å². The van der Waals surface area contributed by atoms with Gasteiger partial charge in [0, 0.05) is 26.1 Å². The average Bonchev–Trinajstić information content (AvgIpc) is 2.66. The number of aliphatic carboxylic acids is 1. The third-order valence-corrected chi connectivity index (χ3v) is 4.60. The Bertz CT molecular complexity index is 354. The molecule has 17 heavy (non-hydrogen) atoms. The number of carboxylic acid groups (broad SMARTS) is 1. The molecule has 1 N–H and O–H groups in total. The number of carbonyl (C=O) groups is 1. The van der Waals surface area contributed by atoms with Gasteiger partial charge in [0.05, 0.1) is 12.4 Å². The van der Waals surface area contributed by atoms with Crippen molar-refractivity contribution in [1.82, 2.24) is 4.31 Å². The molecule has 7 heteroatoms. The van der Waals surface area contributed by atoms with Gasteiger partial charge in [-0.1, -0.05) is 0 Å². The van der Waals surface area contributed by atoms with E-state index in [-0.39, 0.29) is 24.7 Å². The van der Waals surface area contributed by atoms with Gasteiger partial charge in [-0.25, -0.2) is 12.7 Å². The predicted molar refractivity (Wildman–Crippen MR) is 62.2 cm³/mol. The second-order valence-electron chi connectivity index (χ2n) is 4.12. The van der Waals surface area contributed by atoms with Crippen LogP contribution in [0.4, 0.5) is 0 Å². The summed E-state index contributed by atoms with van der Waals surface area (Å²) in [6.07, 6.45) is 0.664. The number of nitrogens with zero attached hydrogens (tertiary/aromatic N) is 1. The number of rotatable bonds is 7. The molecule has 0 aliphatic carbocycles. The summed E-state index contributed by atoms with van der Waals surface area (Å²) >= 11 is 0. The lowest BCUT2D eigenvalue weighted by molar-refractivity contribution is -0.137. The molecule has 1 fully saturated rings. The first-order valence-electron chi connectivity index (χ1n) is 5.73. The third kappa shape index (κ3) is 4.61. The SMILES string of the molecule is CCOCCS(=O)(=O)N1CCC(CC(=O)O)C1. The first-order valence-corrected chi connectivity index (χ1v) is 7.34. The van der Waals surface area contributed by atoms with Crippen LogP contribution in [0.25, 0.3) is 0 Å². The highest BCUT2D eigenvalue weighted by Gasteiger charge is 2.31. The van der Waals surface area contributed by atoms with Gasteiger partial charge in [-0.2, -0.15) is 0 Å². The van der Waals surface area contributed by atoms with Crippen LogP contribution in [0, 0.1) is 5.92 Å². The van der Waals surface area contributed by atoms with Crippen LogP contribution in [0.2, 0.25) is 0 Å². The lowest BCUT2D eigenvalue weighted by Gasteiger charge is -2.16. The zero-order chi connectivity index (χ0) is 12.9. The molecule has 1 aliphatic rings. The number of hydrogen-bond donors (Lipinski definition) is 1. The molecule has 0 bridgehead atoms. The summed E-state index contributed by atoms with van der Waals surface area (Å²) in [6, 6.07) is 0. The highest BCUT2D eigenvalue weighted by Crippen LogP contribution is 2.22. The van der Waals surface area contributed by atoms with Crippen molar-refractivity contribution in [3.63, 3.8) is 0 Å². The zero-order valence-corrected chi connectivity index (χ0v) is 10.8. The van der Waals surface area contributed by atoms with E-state index < -0.39 is 16.0 Å². The van der Waals surface area contributed by atoms with Gasteiger partial charge in [-0.3, -0.25) is 4.79 Å². The minimum absolute atomic E-state index is 0.0272. The quantitative estimate of drug-likeness (QED) is 0.662. The first kappa shape index (κ1) is 14.4.